The van der Waals surface area contributed by atoms with Gasteiger partial charge in [-0.1, -0.05) is 27.7 Å². The third-order valence-corrected chi connectivity index (χ3v) is 19.3. The Balaban J connectivity index is 2.35. The zero-order valence-corrected chi connectivity index (χ0v) is 69.8. The van der Waals surface area contributed by atoms with Crippen LogP contribution in [-0.4, -0.2) is 280 Å². The molecule has 2 fully saturated rings. The number of carboxylic acid groups (broad SMARTS) is 1. The van der Waals surface area contributed by atoms with E-state index in [0.717, 1.165) is 9.80 Å². The van der Waals surface area contributed by atoms with Crippen molar-refractivity contribution in [3.63, 3.8) is 0 Å². The molecule has 50 heteroatoms. The first-order chi connectivity index (χ1) is 56.3. The highest BCUT2D eigenvalue weighted by Crippen LogP contribution is 2.23. The molecule has 0 spiro atoms. The minimum absolute atomic E-state index is 0.00435. The number of aliphatic carboxylic acids is 1. The highest BCUT2D eigenvalue weighted by atomic mass is 32.1. The molecule has 2 aliphatic rings. The van der Waals surface area contributed by atoms with Crippen LogP contribution in [0.25, 0.3) is 0 Å². The summed E-state index contributed by atoms with van der Waals surface area (Å²) in [6.07, 6.45) is -2.97. The molecule has 0 aliphatic carbocycles. The molecular formula is C70H122N28O20S2. The molecule has 0 aromatic rings. The average Bonchev–Trinajstić information content (AvgIpc) is 1.62. The Labute approximate surface area is 704 Å². The zero-order valence-electron chi connectivity index (χ0n) is 68.0. The fourth-order valence-electron chi connectivity index (χ4n) is 12.5. The molecule has 0 unspecified atom stereocenters. The summed E-state index contributed by atoms with van der Waals surface area (Å²) >= 11 is 8.17. The molecule has 2 heterocycles. The SMILES string of the molecule is CC(C)C[C@H](NC(=O)CNC(=O)[C@H](CS)NC(=O)[C@H](CCC(N)=O)NC(=O)[C@H](CCC(N)=O)NC(=O)[C@@H]1CCCN1C(=O)[C@H](CC(C)C)NC(=O)[C@H](CC(N)=O)NC(=O)[C@@H](N)CCCN=C(N)N)C(=O)N[C@@H](CCCN=C(N)N)C(=O)N[C@@H](C)C(=O)N1CCC[C@H]1C(=O)N[C@@H](CCC(N)=O)C(=O)N[C@@H](CCCN=C(N)N)C(=O)N[C@@H](CS)C(=O)O. The maximum Gasteiger partial charge on any atom is 0.327 e. The smallest absolute Gasteiger partial charge is 0.327 e. The molecule has 18 amide bonds. The van der Waals surface area contributed by atoms with Crippen molar-refractivity contribution in [2.45, 2.75) is 241 Å². The molecule has 0 saturated carbocycles. The fourth-order valence-corrected chi connectivity index (χ4v) is 13.0. The number of hydrogen-bond donors (Lipinski definition) is 26. The van der Waals surface area contributed by atoms with Crippen molar-refractivity contribution >= 4 is 155 Å². The van der Waals surface area contributed by atoms with Gasteiger partial charge in [-0.15, -0.1) is 0 Å². The number of carboxylic acids is 1. The number of carbonyl (C=O) groups is 19. The van der Waals surface area contributed by atoms with Gasteiger partial charge < -0.3 is 142 Å². The molecule has 0 aromatic heterocycles. The van der Waals surface area contributed by atoms with Gasteiger partial charge in [0.25, 0.3) is 0 Å². The second-order valence-corrected chi connectivity index (χ2v) is 30.3. The standard InChI is InChI=1S/C70H122N28O20S2/c1-33(2)27-42(61(111)89-37(12-7-23-83-69(78)79)56(106)86-35(5)65(115)97-25-9-14-47(97)63(113)91-40(17-20-50(73)100)58(108)88-38(13-8-24-84-70(80)81)57(107)96-46(32-120)67(117)118)87-53(103)30-85-55(105)45(31-119)95-60(110)39(16-19-49(72)99)90-59(109)41(18-21-51(74)101)92-64(114)48-15-10-26-98(48)66(116)44(28-34(3)4)94-62(112)43(29-52(75)102)93-54(104)36(71)11-6-22-82-68(76)77/h33-48,119-120H,6-32,71H2,1-5H3,(H2,72,99)(H2,73,100)(H2,74,101)(H2,75,102)(H,85,105)(H,86,106)(H,87,103)(H,88,108)(H,89,111)(H,90,109)(H,91,113)(H,92,114)(H,93,104)(H,94,112)(H,95,110)(H,96,107)(H,117,118)(H4,76,77,82)(H4,78,79,83)(H4,80,81,84)/t35-,36-,37-,38-,39-,40-,41-,42-,43-,44-,45-,46-,47-,48-/m0/s1. The Morgan fingerprint density at radius 3 is 1.12 bits per heavy atom. The molecular weight excluding hydrogens is 1620 g/mol. The van der Waals surface area contributed by atoms with Crippen molar-refractivity contribution in [1.29, 1.82) is 0 Å². The summed E-state index contributed by atoms with van der Waals surface area (Å²) in [4.78, 5) is 270. The van der Waals surface area contributed by atoms with Crippen LogP contribution in [0.2, 0.25) is 0 Å². The van der Waals surface area contributed by atoms with Crippen molar-refractivity contribution in [3.8, 4) is 0 Å². The molecule has 120 heavy (non-hydrogen) atoms. The quantitative estimate of drug-likeness (QED) is 0.0116. The van der Waals surface area contributed by atoms with Gasteiger partial charge in [-0.25, -0.2) is 4.79 Å². The number of aliphatic imine (C=N–C) groups is 3. The van der Waals surface area contributed by atoms with Gasteiger partial charge in [0, 0.05) is 63.5 Å². The van der Waals surface area contributed by atoms with Crippen molar-refractivity contribution in [3.05, 3.63) is 0 Å². The Hall–Kier alpha value is -11.6. The zero-order chi connectivity index (χ0) is 90.8. The fraction of sp³-hybridized carbons (Fsp3) is 0.686. The molecule has 2 rings (SSSR count). The maximum absolute atomic E-state index is 14.5. The number of rotatable bonds is 56. The number of guanidine groups is 3. The van der Waals surface area contributed by atoms with Crippen LogP contribution in [0.15, 0.2) is 15.0 Å². The van der Waals surface area contributed by atoms with E-state index in [1.165, 1.54) is 6.92 Å². The number of hydrogen-bond acceptors (Lipinski definition) is 25. The first-order valence-corrected chi connectivity index (χ1v) is 40.3. The second-order valence-electron chi connectivity index (χ2n) is 29.6. The van der Waals surface area contributed by atoms with Crippen LogP contribution in [-0.2, 0) is 91.1 Å². The van der Waals surface area contributed by atoms with E-state index in [-0.39, 0.29) is 145 Å². The highest BCUT2D eigenvalue weighted by molar-refractivity contribution is 7.80. The van der Waals surface area contributed by atoms with Crippen molar-refractivity contribution < 1.29 is 96.2 Å². The van der Waals surface area contributed by atoms with Gasteiger partial charge in [0.1, 0.15) is 78.5 Å². The number of thiol groups is 2. The minimum atomic E-state index is -1.72. The summed E-state index contributed by atoms with van der Waals surface area (Å²) in [5, 5.41) is 39.1. The summed E-state index contributed by atoms with van der Waals surface area (Å²) in [6, 6.07) is -20.5. The van der Waals surface area contributed by atoms with Gasteiger partial charge in [0.05, 0.1) is 19.0 Å². The van der Waals surface area contributed by atoms with E-state index in [4.69, 9.17) is 63.1 Å². The topological polar surface area (TPSA) is 819 Å². The predicted octanol–water partition coefficient (Wildman–Crippen LogP) is -11.4. The average molecular weight is 1740 g/mol. The number of primary amides is 4. The van der Waals surface area contributed by atoms with E-state index in [2.05, 4.69) is 104 Å². The van der Waals surface area contributed by atoms with Crippen LogP contribution in [0.1, 0.15) is 157 Å². The minimum Gasteiger partial charge on any atom is -0.480 e. The van der Waals surface area contributed by atoms with E-state index < -0.39 is 254 Å². The van der Waals surface area contributed by atoms with Crippen molar-refractivity contribution in [2.75, 3.05) is 50.8 Å². The molecule has 2 saturated heterocycles. The van der Waals surface area contributed by atoms with Gasteiger partial charge in [-0.2, -0.15) is 25.3 Å². The number of carbonyl (C=O) groups excluding carboxylic acids is 18. The molecule has 0 radical (unpaired) electrons. The largest absolute Gasteiger partial charge is 0.480 e. The molecule has 0 aromatic carbocycles. The maximum atomic E-state index is 14.5. The van der Waals surface area contributed by atoms with Gasteiger partial charge >= 0.3 is 5.97 Å². The monoisotopic (exact) mass is 1740 g/mol. The third-order valence-electron chi connectivity index (χ3n) is 18.6. The van der Waals surface area contributed by atoms with Crippen LogP contribution < -0.4 is 127 Å². The first kappa shape index (κ1) is 104. The van der Waals surface area contributed by atoms with E-state index in [0.29, 0.717) is 0 Å². The Kier molecular flexibility index (Phi) is 46.8. The summed E-state index contributed by atoms with van der Waals surface area (Å²) in [6.45, 7) is 7.33. The molecule has 35 N–H and O–H groups in total. The lowest BCUT2D eigenvalue weighted by atomic mass is 10.0. The summed E-state index contributed by atoms with van der Waals surface area (Å²) in [7, 11) is 0. The van der Waals surface area contributed by atoms with Crippen LogP contribution in [0.3, 0.4) is 0 Å². The van der Waals surface area contributed by atoms with E-state index in [1.807, 2.05) is 0 Å². The normalized spacial score (nSPS) is 16.6. The number of amides is 18. The third kappa shape index (κ3) is 39.3. The van der Waals surface area contributed by atoms with Crippen molar-refractivity contribution in [1.82, 2.24) is 73.6 Å². The van der Waals surface area contributed by atoms with E-state index in [9.17, 15) is 96.2 Å². The van der Waals surface area contributed by atoms with Gasteiger partial charge in [-0.05, 0) is 115 Å². The lowest BCUT2D eigenvalue weighted by molar-refractivity contribution is -0.143. The molecule has 48 nitrogen and oxygen atoms in total. The van der Waals surface area contributed by atoms with E-state index >= 15 is 0 Å². The van der Waals surface area contributed by atoms with E-state index in [1.54, 1.807) is 27.7 Å². The second kappa shape index (κ2) is 53.8. The van der Waals surface area contributed by atoms with Crippen LogP contribution in [0, 0.1) is 11.8 Å². The van der Waals surface area contributed by atoms with Crippen LogP contribution >= 0.6 is 25.3 Å². The Morgan fingerprint density at radius 2 is 0.725 bits per heavy atom. The predicted molar refractivity (Wildman–Crippen MR) is 440 cm³/mol. The summed E-state index contributed by atoms with van der Waals surface area (Å²) in [5.41, 5.74) is 60.4. The van der Waals surface area contributed by atoms with Gasteiger partial charge in [0.15, 0.2) is 17.9 Å². The summed E-state index contributed by atoms with van der Waals surface area (Å²) in [5.74, 6) is -20.5. The number of nitrogens with two attached hydrogens (primary N) is 11. The summed E-state index contributed by atoms with van der Waals surface area (Å²) < 4.78 is 0. The Morgan fingerprint density at radius 1 is 0.383 bits per heavy atom. The lowest BCUT2D eigenvalue weighted by Crippen LogP contribution is -2.60. The molecule has 674 valence electrons. The molecule has 0 bridgehead atoms. The highest BCUT2D eigenvalue weighted by Gasteiger charge is 2.43. The van der Waals surface area contributed by atoms with Gasteiger partial charge in [-0.3, -0.25) is 101 Å². The van der Waals surface area contributed by atoms with Crippen molar-refractivity contribution in [2.24, 2.45) is 89.9 Å². The lowest BCUT2D eigenvalue weighted by Gasteiger charge is -2.31. The van der Waals surface area contributed by atoms with Crippen LogP contribution in [0.5, 0.6) is 0 Å². The number of likely N-dealkylation sites (tertiary alicyclic amines) is 2. The number of nitrogens with one attached hydrogen (secondary N) is 12. The van der Waals surface area contributed by atoms with Crippen LogP contribution in [0.4, 0.5) is 0 Å². The molecule has 14 atom stereocenters. The Bertz CT molecular complexity index is 3690. The number of nitrogens with zero attached hydrogens (tertiary/aromatic N) is 5. The van der Waals surface area contributed by atoms with Gasteiger partial charge in [0.2, 0.25) is 106 Å². The first-order valence-electron chi connectivity index (χ1n) is 39.0. The molecule has 2 aliphatic heterocycles.